The molecule has 0 heterocycles. The Hall–Kier alpha value is -0.980. The molecule has 2 atom stereocenters. The van der Waals surface area contributed by atoms with E-state index >= 15 is 0 Å². The minimum atomic E-state index is -3.85. The van der Waals surface area contributed by atoms with Gasteiger partial charge in [0.15, 0.2) is 0 Å². The predicted molar refractivity (Wildman–Crippen MR) is 69.7 cm³/mol. The van der Waals surface area contributed by atoms with Crippen molar-refractivity contribution in [1.29, 1.82) is 0 Å². The summed E-state index contributed by atoms with van der Waals surface area (Å²) < 4.78 is 40.0. The van der Waals surface area contributed by atoms with Crippen molar-refractivity contribution < 1.29 is 17.9 Å². The number of nitrogens with one attached hydrogen (secondary N) is 1. The third-order valence-electron chi connectivity index (χ3n) is 3.53. The molecule has 1 aromatic rings. The number of aliphatic hydroxyl groups is 1. The highest BCUT2D eigenvalue weighted by Gasteiger charge is 2.27. The Kier molecular flexibility index (Phi) is 4.23. The summed E-state index contributed by atoms with van der Waals surface area (Å²) in [6.45, 7) is 1.85. The van der Waals surface area contributed by atoms with Crippen LogP contribution < -0.4 is 4.72 Å². The molecule has 0 unspecified atom stereocenters. The van der Waals surface area contributed by atoms with Crippen molar-refractivity contribution in [1.82, 2.24) is 4.72 Å². The second-order valence-electron chi connectivity index (χ2n) is 5.04. The van der Waals surface area contributed by atoms with Gasteiger partial charge < -0.3 is 5.11 Å². The van der Waals surface area contributed by atoms with Crippen molar-refractivity contribution in [3.05, 3.63) is 29.6 Å². The average Bonchev–Trinajstić information content (AvgIpc) is 2.72. The molecule has 2 N–H and O–H groups in total. The van der Waals surface area contributed by atoms with Gasteiger partial charge in [0.25, 0.3) is 0 Å². The van der Waals surface area contributed by atoms with Crippen LogP contribution in [0.4, 0.5) is 4.39 Å². The Bertz CT molecular complexity index is 559. The van der Waals surface area contributed by atoms with Gasteiger partial charge in [-0.05, 0) is 43.4 Å². The third kappa shape index (κ3) is 3.32. The zero-order valence-electron chi connectivity index (χ0n) is 10.8. The summed E-state index contributed by atoms with van der Waals surface area (Å²) in [6, 6.07) is 4.01. The van der Waals surface area contributed by atoms with E-state index in [1.54, 1.807) is 13.0 Å². The van der Waals surface area contributed by atoms with Gasteiger partial charge in [-0.15, -0.1) is 0 Å². The van der Waals surface area contributed by atoms with Gasteiger partial charge in [-0.1, -0.05) is 12.5 Å². The van der Waals surface area contributed by atoms with Crippen LogP contribution in [-0.2, 0) is 10.0 Å². The summed E-state index contributed by atoms with van der Waals surface area (Å²) in [7, 11) is -3.85. The zero-order valence-corrected chi connectivity index (χ0v) is 11.6. The summed E-state index contributed by atoms with van der Waals surface area (Å²) in [4.78, 5) is -0.342. The Morgan fingerprint density at radius 2 is 2.16 bits per heavy atom. The molecule has 0 aromatic heterocycles. The van der Waals surface area contributed by atoms with Crippen LogP contribution in [0.15, 0.2) is 23.1 Å². The SMILES string of the molecule is Cc1ccc(S(=O)(=O)NC[C@H]2CCC[C@@H]2O)c(F)c1. The Balaban J connectivity index is 2.09. The lowest BCUT2D eigenvalue weighted by atomic mass is 10.1. The highest BCUT2D eigenvalue weighted by Crippen LogP contribution is 2.25. The lowest BCUT2D eigenvalue weighted by Crippen LogP contribution is -2.32. The minimum absolute atomic E-state index is 0.0803. The van der Waals surface area contributed by atoms with E-state index in [9.17, 15) is 17.9 Å². The number of rotatable bonds is 4. The first-order valence-corrected chi connectivity index (χ1v) is 7.82. The second-order valence-corrected chi connectivity index (χ2v) is 6.78. The van der Waals surface area contributed by atoms with E-state index in [1.807, 2.05) is 0 Å². The number of hydrogen-bond donors (Lipinski definition) is 2. The van der Waals surface area contributed by atoms with Crippen molar-refractivity contribution in [2.75, 3.05) is 6.54 Å². The molecule has 6 heteroatoms. The molecule has 0 saturated heterocycles. The standard InChI is InChI=1S/C13H18FNO3S/c1-9-5-6-13(11(14)7-9)19(17,18)15-8-10-3-2-4-12(10)16/h5-7,10,12,15-16H,2-4,8H2,1H3/t10-,12+/m1/s1. The molecule has 4 nitrogen and oxygen atoms in total. The van der Waals surface area contributed by atoms with Crippen molar-refractivity contribution in [3.63, 3.8) is 0 Å². The van der Waals surface area contributed by atoms with Gasteiger partial charge >= 0.3 is 0 Å². The number of benzene rings is 1. The van der Waals surface area contributed by atoms with E-state index in [-0.39, 0.29) is 17.4 Å². The van der Waals surface area contributed by atoms with E-state index < -0.39 is 21.9 Å². The highest BCUT2D eigenvalue weighted by atomic mass is 32.2. The maximum Gasteiger partial charge on any atom is 0.243 e. The molecular formula is C13H18FNO3S. The van der Waals surface area contributed by atoms with E-state index in [1.165, 1.54) is 12.1 Å². The molecule has 2 rings (SSSR count). The largest absolute Gasteiger partial charge is 0.393 e. The van der Waals surface area contributed by atoms with Crippen LogP contribution >= 0.6 is 0 Å². The molecule has 19 heavy (non-hydrogen) atoms. The van der Waals surface area contributed by atoms with Crippen LogP contribution in [0.25, 0.3) is 0 Å². The summed E-state index contributed by atoms with van der Waals surface area (Å²) >= 11 is 0. The first kappa shape index (κ1) is 14.4. The van der Waals surface area contributed by atoms with Gasteiger partial charge in [-0.3, -0.25) is 0 Å². The first-order chi connectivity index (χ1) is 8.90. The topological polar surface area (TPSA) is 66.4 Å². The molecule has 0 aliphatic heterocycles. The van der Waals surface area contributed by atoms with E-state index in [0.717, 1.165) is 12.8 Å². The van der Waals surface area contributed by atoms with Gasteiger partial charge in [0, 0.05) is 6.54 Å². The van der Waals surface area contributed by atoms with Crippen LogP contribution in [0.1, 0.15) is 24.8 Å². The molecule has 0 radical (unpaired) electrons. The van der Waals surface area contributed by atoms with Crippen LogP contribution in [-0.4, -0.2) is 26.2 Å². The molecule has 0 spiro atoms. The number of aryl methyl sites for hydroxylation is 1. The van der Waals surface area contributed by atoms with Crippen LogP contribution in [0, 0.1) is 18.7 Å². The lowest BCUT2D eigenvalue weighted by Gasteiger charge is -2.15. The smallest absolute Gasteiger partial charge is 0.243 e. The van der Waals surface area contributed by atoms with Crippen molar-refractivity contribution >= 4 is 10.0 Å². The van der Waals surface area contributed by atoms with Crippen LogP contribution in [0.3, 0.4) is 0 Å². The normalized spacial score (nSPS) is 23.7. The van der Waals surface area contributed by atoms with Crippen LogP contribution in [0.5, 0.6) is 0 Å². The molecule has 1 aliphatic carbocycles. The summed E-state index contributed by atoms with van der Waals surface area (Å²) in [5.74, 6) is -0.831. The van der Waals surface area contributed by atoms with Crippen molar-refractivity contribution in [2.45, 2.75) is 37.2 Å². The minimum Gasteiger partial charge on any atom is -0.393 e. The van der Waals surface area contributed by atoms with Gasteiger partial charge in [-0.2, -0.15) is 0 Å². The van der Waals surface area contributed by atoms with Crippen molar-refractivity contribution in [3.8, 4) is 0 Å². The summed E-state index contributed by atoms with van der Waals surface area (Å²) in [5.41, 5.74) is 0.669. The van der Waals surface area contributed by atoms with Gasteiger partial charge in [0.05, 0.1) is 6.10 Å². The first-order valence-electron chi connectivity index (χ1n) is 6.34. The summed E-state index contributed by atoms with van der Waals surface area (Å²) in [6.07, 6.45) is 1.92. The monoisotopic (exact) mass is 287 g/mol. The molecule has 106 valence electrons. The number of sulfonamides is 1. The van der Waals surface area contributed by atoms with E-state index in [2.05, 4.69) is 4.72 Å². The lowest BCUT2D eigenvalue weighted by molar-refractivity contribution is 0.134. The Morgan fingerprint density at radius 3 is 2.74 bits per heavy atom. The fourth-order valence-electron chi connectivity index (χ4n) is 2.37. The fraction of sp³-hybridized carbons (Fsp3) is 0.538. The van der Waals surface area contributed by atoms with E-state index in [4.69, 9.17) is 0 Å². The maximum absolute atomic E-state index is 13.7. The highest BCUT2D eigenvalue weighted by molar-refractivity contribution is 7.89. The number of aliphatic hydroxyl groups excluding tert-OH is 1. The van der Waals surface area contributed by atoms with Gasteiger partial charge in [0.1, 0.15) is 10.7 Å². The molecule has 1 aliphatic rings. The quantitative estimate of drug-likeness (QED) is 0.883. The Labute approximate surface area is 112 Å². The van der Waals surface area contributed by atoms with Gasteiger partial charge in [-0.25, -0.2) is 17.5 Å². The molecule has 1 fully saturated rings. The number of halogens is 1. The second kappa shape index (κ2) is 5.56. The average molecular weight is 287 g/mol. The molecule has 0 amide bonds. The van der Waals surface area contributed by atoms with E-state index in [0.29, 0.717) is 12.0 Å². The molecule has 1 aromatic carbocycles. The Morgan fingerprint density at radius 1 is 1.42 bits per heavy atom. The predicted octanol–water partition coefficient (Wildman–Crippen LogP) is 1.57. The fourth-order valence-corrected chi connectivity index (χ4v) is 3.53. The number of hydrogen-bond acceptors (Lipinski definition) is 3. The molecule has 1 saturated carbocycles. The summed E-state index contributed by atoms with van der Waals surface area (Å²) in [5, 5.41) is 9.64. The zero-order chi connectivity index (χ0) is 14.0. The maximum atomic E-state index is 13.7. The van der Waals surface area contributed by atoms with Crippen molar-refractivity contribution in [2.24, 2.45) is 5.92 Å². The third-order valence-corrected chi connectivity index (χ3v) is 4.99. The van der Waals surface area contributed by atoms with Crippen LogP contribution in [0.2, 0.25) is 0 Å². The molecule has 0 bridgehead atoms. The van der Waals surface area contributed by atoms with Gasteiger partial charge in [0.2, 0.25) is 10.0 Å². The molecular weight excluding hydrogens is 269 g/mol.